The van der Waals surface area contributed by atoms with Gasteiger partial charge in [0.25, 0.3) is 0 Å². The number of hydrogen-bond acceptors (Lipinski definition) is 2. The standard InChI is InChI=1S/C12H8ClN3O/c13-9-3-4-10(16-7-6-15-12(16)17)11-8(9)2-1-5-14-11/h1-7H,(H,15,17). The van der Waals surface area contributed by atoms with E-state index in [4.69, 9.17) is 11.6 Å². The van der Waals surface area contributed by atoms with E-state index >= 15 is 0 Å². The van der Waals surface area contributed by atoms with Crippen molar-refractivity contribution in [3.05, 3.63) is 58.4 Å². The van der Waals surface area contributed by atoms with Crippen LogP contribution in [0, 0.1) is 0 Å². The fourth-order valence-electron chi connectivity index (χ4n) is 1.83. The molecule has 0 aliphatic heterocycles. The van der Waals surface area contributed by atoms with E-state index in [1.807, 2.05) is 12.1 Å². The van der Waals surface area contributed by atoms with Crippen molar-refractivity contribution in [1.82, 2.24) is 14.5 Å². The highest BCUT2D eigenvalue weighted by atomic mass is 35.5. The molecule has 84 valence electrons. The summed E-state index contributed by atoms with van der Waals surface area (Å²) in [6.45, 7) is 0. The number of benzene rings is 1. The van der Waals surface area contributed by atoms with E-state index in [1.165, 1.54) is 4.57 Å². The highest BCUT2D eigenvalue weighted by molar-refractivity contribution is 6.35. The van der Waals surface area contributed by atoms with Gasteiger partial charge in [-0.05, 0) is 24.3 Å². The van der Waals surface area contributed by atoms with Gasteiger partial charge in [0, 0.05) is 24.0 Å². The van der Waals surface area contributed by atoms with Crippen LogP contribution >= 0.6 is 11.6 Å². The highest BCUT2D eigenvalue weighted by Crippen LogP contribution is 2.26. The van der Waals surface area contributed by atoms with E-state index in [-0.39, 0.29) is 5.69 Å². The molecule has 0 atom stereocenters. The molecule has 0 fully saturated rings. The largest absolute Gasteiger partial charge is 0.330 e. The number of fused-ring (bicyclic) bond motifs is 1. The second-order valence-corrected chi connectivity index (χ2v) is 4.01. The first-order valence-electron chi connectivity index (χ1n) is 5.07. The van der Waals surface area contributed by atoms with Gasteiger partial charge in [0.1, 0.15) is 0 Å². The third-order valence-corrected chi connectivity index (χ3v) is 2.93. The normalized spacial score (nSPS) is 10.9. The number of rotatable bonds is 1. The molecule has 3 rings (SSSR count). The molecule has 3 aromatic rings. The van der Waals surface area contributed by atoms with Crippen LogP contribution in [0.2, 0.25) is 5.02 Å². The number of H-pyrrole nitrogens is 1. The van der Waals surface area contributed by atoms with Crippen molar-refractivity contribution in [3.63, 3.8) is 0 Å². The van der Waals surface area contributed by atoms with Crippen LogP contribution in [-0.4, -0.2) is 14.5 Å². The second-order valence-electron chi connectivity index (χ2n) is 3.60. The minimum Gasteiger partial charge on any atom is -0.312 e. The molecule has 1 aromatic carbocycles. The Hall–Kier alpha value is -2.07. The highest BCUT2D eigenvalue weighted by Gasteiger charge is 2.08. The summed E-state index contributed by atoms with van der Waals surface area (Å²) in [5.74, 6) is 0. The molecule has 5 heteroatoms. The summed E-state index contributed by atoms with van der Waals surface area (Å²) < 4.78 is 1.51. The molecule has 0 spiro atoms. The summed E-state index contributed by atoms with van der Waals surface area (Å²) >= 11 is 6.10. The average molecular weight is 246 g/mol. The molecular weight excluding hydrogens is 238 g/mol. The minimum absolute atomic E-state index is 0.195. The van der Waals surface area contributed by atoms with E-state index in [0.29, 0.717) is 10.5 Å². The van der Waals surface area contributed by atoms with Crippen LogP contribution < -0.4 is 5.69 Å². The smallest absolute Gasteiger partial charge is 0.312 e. The lowest BCUT2D eigenvalue weighted by Crippen LogP contribution is -2.14. The number of aromatic nitrogens is 3. The average Bonchev–Trinajstić information content (AvgIpc) is 2.77. The van der Waals surface area contributed by atoms with Gasteiger partial charge in [-0.2, -0.15) is 0 Å². The van der Waals surface area contributed by atoms with Crippen LogP contribution in [-0.2, 0) is 0 Å². The maximum Gasteiger partial charge on any atom is 0.330 e. The van der Waals surface area contributed by atoms with Gasteiger partial charge in [0.2, 0.25) is 0 Å². The zero-order valence-corrected chi connectivity index (χ0v) is 9.48. The van der Waals surface area contributed by atoms with E-state index < -0.39 is 0 Å². The van der Waals surface area contributed by atoms with Crippen LogP contribution in [0.5, 0.6) is 0 Å². The number of pyridine rings is 1. The van der Waals surface area contributed by atoms with Crippen LogP contribution in [0.25, 0.3) is 16.6 Å². The summed E-state index contributed by atoms with van der Waals surface area (Å²) in [5.41, 5.74) is 1.23. The van der Waals surface area contributed by atoms with Crippen LogP contribution in [0.3, 0.4) is 0 Å². The predicted octanol–water partition coefficient (Wildman–Crippen LogP) is 2.37. The summed E-state index contributed by atoms with van der Waals surface area (Å²) in [6.07, 6.45) is 4.94. The first-order chi connectivity index (χ1) is 8.27. The van der Waals surface area contributed by atoms with E-state index in [2.05, 4.69) is 9.97 Å². The van der Waals surface area contributed by atoms with Crippen molar-refractivity contribution in [1.29, 1.82) is 0 Å². The van der Waals surface area contributed by atoms with Gasteiger partial charge in [-0.3, -0.25) is 9.55 Å². The molecule has 0 saturated heterocycles. The van der Waals surface area contributed by atoms with Gasteiger partial charge in [0.05, 0.1) is 16.2 Å². The Bertz CT molecular complexity index is 745. The van der Waals surface area contributed by atoms with E-state index in [9.17, 15) is 4.79 Å². The molecule has 0 amide bonds. The second kappa shape index (κ2) is 3.75. The van der Waals surface area contributed by atoms with Crippen molar-refractivity contribution < 1.29 is 0 Å². The molecule has 4 nitrogen and oxygen atoms in total. The van der Waals surface area contributed by atoms with Crippen molar-refractivity contribution in [3.8, 4) is 5.69 Å². The molecule has 1 N–H and O–H groups in total. The molecule has 17 heavy (non-hydrogen) atoms. The van der Waals surface area contributed by atoms with Crippen molar-refractivity contribution in [2.24, 2.45) is 0 Å². The molecule has 0 aliphatic carbocycles. The third-order valence-electron chi connectivity index (χ3n) is 2.60. The fourth-order valence-corrected chi connectivity index (χ4v) is 2.04. The number of hydrogen-bond donors (Lipinski definition) is 1. The molecular formula is C12H8ClN3O. The lowest BCUT2D eigenvalue weighted by atomic mass is 10.2. The molecule has 2 heterocycles. The van der Waals surface area contributed by atoms with E-state index in [0.717, 1.165) is 11.1 Å². The Labute approximate surface area is 101 Å². The summed E-state index contributed by atoms with van der Waals surface area (Å²) in [4.78, 5) is 18.5. The quantitative estimate of drug-likeness (QED) is 0.716. The van der Waals surface area contributed by atoms with Gasteiger partial charge in [-0.15, -0.1) is 0 Å². The number of aromatic amines is 1. The number of nitrogens with zero attached hydrogens (tertiary/aromatic N) is 2. The molecule has 0 saturated carbocycles. The summed E-state index contributed by atoms with van der Waals surface area (Å²) in [6, 6.07) is 7.25. The lowest BCUT2D eigenvalue weighted by Gasteiger charge is -2.06. The van der Waals surface area contributed by atoms with Gasteiger partial charge < -0.3 is 4.98 Å². The predicted molar refractivity (Wildman–Crippen MR) is 66.7 cm³/mol. The van der Waals surface area contributed by atoms with Crippen molar-refractivity contribution in [2.75, 3.05) is 0 Å². The Balaban J connectivity index is 2.43. The minimum atomic E-state index is -0.195. The monoisotopic (exact) mass is 245 g/mol. The number of nitrogens with one attached hydrogen (secondary N) is 1. The van der Waals surface area contributed by atoms with Gasteiger partial charge >= 0.3 is 5.69 Å². The maximum atomic E-state index is 11.6. The molecule has 0 unspecified atom stereocenters. The molecule has 0 bridgehead atoms. The Morgan fingerprint density at radius 1 is 1.29 bits per heavy atom. The van der Waals surface area contributed by atoms with Crippen LogP contribution in [0.4, 0.5) is 0 Å². The van der Waals surface area contributed by atoms with Crippen LogP contribution in [0.15, 0.2) is 47.7 Å². The maximum absolute atomic E-state index is 11.6. The topological polar surface area (TPSA) is 50.7 Å². The van der Waals surface area contributed by atoms with E-state index in [1.54, 1.807) is 30.7 Å². The first kappa shape index (κ1) is 10.1. The number of halogens is 1. The lowest BCUT2D eigenvalue weighted by molar-refractivity contribution is 0.992. The SMILES string of the molecule is O=c1[nH]ccn1-c1ccc(Cl)c2cccnc12. The Morgan fingerprint density at radius 2 is 2.18 bits per heavy atom. The summed E-state index contributed by atoms with van der Waals surface area (Å²) in [7, 11) is 0. The first-order valence-corrected chi connectivity index (χ1v) is 5.45. The zero-order chi connectivity index (χ0) is 11.8. The van der Waals surface area contributed by atoms with Crippen LogP contribution in [0.1, 0.15) is 0 Å². The Kier molecular flexibility index (Phi) is 2.23. The summed E-state index contributed by atoms with van der Waals surface area (Å²) in [5, 5.41) is 1.46. The Morgan fingerprint density at radius 3 is 2.94 bits per heavy atom. The molecule has 0 aliphatic rings. The fraction of sp³-hybridized carbons (Fsp3) is 0. The van der Waals surface area contributed by atoms with Gasteiger partial charge in [-0.1, -0.05) is 11.6 Å². The molecule has 2 aromatic heterocycles. The van der Waals surface area contributed by atoms with Gasteiger partial charge in [-0.25, -0.2) is 4.79 Å². The zero-order valence-electron chi connectivity index (χ0n) is 8.72. The van der Waals surface area contributed by atoms with Crippen molar-refractivity contribution in [2.45, 2.75) is 0 Å². The molecule has 0 radical (unpaired) electrons. The van der Waals surface area contributed by atoms with Gasteiger partial charge in [0.15, 0.2) is 0 Å². The van der Waals surface area contributed by atoms with Crippen molar-refractivity contribution >= 4 is 22.5 Å². The third kappa shape index (κ3) is 1.54. The number of imidazole rings is 1.